The zero-order valence-electron chi connectivity index (χ0n) is 12.6. The lowest BCUT2D eigenvalue weighted by Crippen LogP contribution is -2.39. The second kappa shape index (κ2) is 11.2. The molecule has 112 valence electrons. The normalized spacial score (nSPS) is 11.9. The third kappa shape index (κ3) is 9.87. The maximum Gasteiger partial charge on any atom is 0.330 e. The molecule has 0 spiro atoms. The molecule has 0 atom stereocenters. The topological polar surface area (TPSA) is 44.8 Å². The van der Waals surface area contributed by atoms with Crippen LogP contribution in [-0.4, -0.2) is 40.7 Å². The number of carbonyl (C=O) groups excluding carboxylic acids is 1. The third-order valence-electron chi connectivity index (χ3n) is 2.84. The van der Waals surface area contributed by atoms with Crippen LogP contribution >= 0.6 is 0 Å². The summed E-state index contributed by atoms with van der Waals surface area (Å²) in [4.78, 5) is 10.8. The first-order valence-corrected chi connectivity index (χ1v) is 8.85. The Morgan fingerprint density at radius 2 is 1.84 bits per heavy atom. The highest BCUT2D eigenvalue weighted by molar-refractivity contribution is 6.38. The Balaban J connectivity index is 3.60. The molecule has 0 aromatic carbocycles. The average molecular weight is 288 g/mol. The first kappa shape index (κ1) is 18.3. The summed E-state index contributed by atoms with van der Waals surface area (Å²) >= 11 is 0. The van der Waals surface area contributed by atoms with Crippen molar-refractivity contribution >= 4 is 15.5 Å². The zero-order chi connectivity index (χ0) is 14.6. The molecule has 0 saturated carbocycles. The maximum absolute atomic E-state index is 10.8. The molecular formula is C14H28O4Si. The van der Waals surface area contributed by atoms with Gasteiger partial charge >= 0.3 is 5.97 Å². The van der Waals surface area contributed by atoms with Gasteiger partial charge in [0.15, 0.2) is 0 Å². The molecule has 0 aliphatic carbocycles. The average Bonchev–Trinajstić information content (AvgIpc) is 2.37. The Hall–Kier alpha value is -0.653. The van der Waals surface area contributed by atoms with E-state index < -0.39 is 9.52 Å². The van der Waals surface area contributed by atoms with E-state index in [9.17, 15) is 4.79 Å². The Morgan fingerprint density at radius 1 is 1.21 bits per heavy atom. The van der Waals surface area contributed by atoms with Gasteiger partial charge in [0.05, 0.1) is 16.1 Å². The zero-order valence-corrected chi connectivity index (χ0v) is 14.0. The molecule has 0 unspecified atom stereocenters. The van der Waals surface area contributed by atoms with Crippen LogP contribution in [0.1, 0.15) is 40.0 Å². The number of esters is 1. The van der Waals surface area contributed by atoms with Gasteiger partial charge in [-0.05, 0) is 27.2 Å². The molecule has 0 amide bonds. The van der Waals surface area contributed by atoms with Gasteiger partial charge in [-0.3, -0.25) is 0 Å². The predicted molar refractivity (Wildman–Crippen MR) is 80.0 cm³/mol. The standard InChI is InChI=1S/C14H28O4Si/c1-5-13(15)16-11-9-8-10-12-19-14(4,17-6-2)18-7-3/h5H,1,6-12,19H2,2-4H3. The van der Waals surface area contributed by atoms with Crippen LogP contribution in [0, 0.1) is 0 Å². The van der Waals surface area contributed by atoms with E-state index in [4.69, 9.17) is 14.2 Å². The summed E-state index contributed by atoms with van der Waals surface area (Å²) in [5.74, 6) is -0.338. The van der Waals surface area contributed by atoms with Crippen molar-refractivity contribution in [2.75, 3.05) is 19.8 Å². The Kier molecular flexibility index (Phi) is 10.8. The molecule has 0 aliphatic heterocycles. The Morgan fingerprint density at radius 3 is 2.37 bits per heavy atom. The number of hydrogen-bond donors (Lipinski definition) is 0. The summed E-state index contributed by atoms with van der Waals surface area (Å²) in [5.41, 5.74) is -0.321. The molecule has 5 heteroatoms. The second-order valence-corrected chi connectivity index (χ2v) is 7.03. The van der Waals surface area contributed by atoms with Crippen LogP contribution in [0.25, 0.3) is 0 Å². The molecule has 19 heavy (non-hydrogen) atoms. The van der Waals surface area contributed by atoms with E-state index in [1.807, 2.05) is 13.8 Å². The summed E-state index contributed by atoms with van der Waals surface area (Å²) in [5, 5.41) is 0. The minimum Gasteiger partial charge on any atom is -0.463 e. The lowest BCUT2D eigenvalue weighted by Gasteiger charge is -2.29. The molecule has 0 saturated heterocycles. The summed E-state index contributed by atoms with van der Waals surface area (Å²) < 4.78 is 16.3. The van der Waals surface area contributed by atoms with Crippen LogP contribution in [0.2, 0.25) is 6.04 Å². The van der Waals surface area contributed by atoms with Gasteiger partial charge in [0.25, 0.3) is 0 Å². The molecule has 0 N–H and O–H groups in total. The van der Waals surface area contributed by atoms with E-state index in [1.54, 1.807) is 0 Å². The lowest BCUT2D eigenvalue weighted by atomic mass is 10.3. The monoisotopic (exact) mass is 288 g/mol. The molecule has 0 radical (unpaired) electrons. The van der Waals surface area contributed by atoms with Crippen LogP contribution in [0.4, 0.5) is 0 Å². The summed E-state index contributed by atoms with van der Waals surface area (Å²) in [6.07, 6.45) is 4.33. The molecule has 0 bridgehead atoms. The van der Waals surface area contributed by atoms with E-state index in [-0.39, 0.29) is 11.4 Å². The highest BCUT2D eigenvalue weighted by atomic mass is 28.2. The van der Waals surface area contributed by atoms with Gasteiger partial charge in [0.1, 0.15) is 5.41 Å². The van der Waals surface area contributed by atoms with Gasteiger partial charge in [-0.25, -0.2) is 4.79 Å². The van der Waals surface area contributed by atoms with Crippen molar-refractivity contribution in [2.45, 2.75) is 51.5 Å². The quantitative estimate of drug-likeness (QED) is 0.182. The van der Waals surface area contributed by atoms with Crippen molar-refractivity contribution in [3.8, 4) is 0 Å². The van der Waals surface area contributed by atoms with E-state index >= 15 is 0 Å². The van der Waals surface area contributed by atoms with Gasteiger partial charge in [0, 0.05) is 19.3 Å². The smallest absolute Gasteiger partial charge is 0.330 e. The highest BCUT2D eigenvalue weighted by Crippen LogP contribution is 2.14. The van der Waals surface area contributed by atoms with E-state index in [1.165, 1.54) is 12.1 Å². The van der Waals surface area contributed by atoms with E-state index in [0.29, 0.717) is 19.8 Å². The predicted octanol–water partition coefficient (Wildman–Crippen LogP) is 2.22. The molecule has 0 aliphatic rings. The SMILES string of the molecule is C=CC(=O)OCCCCC[SiH2]C(C)(OCC)OCC. The minimum atomic E-state index is -0.416. The molecule has 0 rings (SSSR count). The largest absolute Gasteiger partial charge is 0.463 e. The number of carbonyl (C=O) groups is 1. The van der Waals surface area contributed by atoms with Gasteiger partial charge in [-0.1, -0.05) is 25.5 Å². The van der Waals surface area contributed by atoms with Crippen LogP contribution in [-0.2, 0) is 19.0 Å². The van der Waals surface area contributed by atoms with Gasteiger partial charge in [0.2, 0.25) is 0 Å². The molecule has 0 aromatic heterocycles. The highest BCUT2D eigenvalue weighted by Gasteiger charge is 2.24. The lowest BCUT2D eigenvalue weighted by molar-refractivity contribution is -0.163. The molecule has 0 fully saturated rings. The summed E-state index contributed by atoms with van der Waals surface area (Å²) in [6.45, 7) is 11.3. The summed E-state index contributed by atoms with van der Waals surface area (Å²) in [7, 11) is -0.416. The molecule has 0 heterocycles. The van der Waals surface area contributed by atoms with E-state index in [2.05, 4.69) is 13.5 Å². The molecular weight excluding hydrogens is 260 g/mol. The number of unbranched alkanes of at least 4 members (excludes halogenated alkanes) is 2. The fraction of sp³-hybridized carbons (Fsp3) is 0.786. The van der Waals surface area contributed by atoms with Crippen molar-refractivity contribution in [3.05, 3.63) is 12.7 Å². The third-order valence-corrected chi connectivity index (χ3v) is 5.01. The van der Waals surface area contributed by atoms with Crippen molar-refractivity contribution in [1.82, 2.24) is 0 Å². The first-order chi connectivity index (χ1) is 9.08. The molecule has 4 nitrogen and oxygen atoms in total. The maximum atomic E-state index is 10.8. The fourth-order valence-corrected chi connectivity index (χ4v) is 3.87. The van der Waals surface area contributed by atoms with Crippen LogP contribution in [0.5, 0.6) is 0 Å². The van der Waals surface area contributed by atoms with Crippen molar-refractivity contribution in [3.63, 3.8) is 0 Å². The van der Waals surface area contributed by atoms with Crippen LogP contribution in [0.15, 0.2) is 12.7 Å². The minimum absolute atomic E-state index is 0.321. The van der Waals surface area contributed by atoms with Crippen molar-refractivity contribution < 1.29 is 19.0 Å². The number of hydrogen-bond acceptors (Lipinski definition) is 4. The number of ether oxygens (including phenoxy) is 3. The second-order valence-electron chi connectivity index (χ2n) is 4.54. The van der Waals surface area contributed by atoms with Crippen LogP contribution in [0.3, 0.4) is 0 Å². The van der Waals surface area contributed by atoms with Crippen molar-refractivity contribution in [2.24, 2.45) is 0 Å². The molecule has 0 aromatic rings. The van der Waals surface area contributed by atoms with Crippen molar-refractivity contribution in [1.29, 1.82) is 0 Å². The van der Waals surface area contributed by atoms with Crippen LogP contribution < -0.4 is 0 Å². The van der Waals surface area contributed by atoms with Gasteiger partial charge < -0.3 is 14.2 Å². The number of rotatable bonds is 12. The summed E-state index contributed by atoms with van der Waals surface area (Å²) in [6, 6.07) is 1.19. The van der Waals surface area contributed by atoms with Gasteiger partial charge in [-0.2, -0.15) is 0 Å². The first-order valence-electron chi connectivity index (χ1n) is 7.15. The fourth-order valence-electron chi connectivity index (χ4n) is 1.93. The Bertz CT molecular complexity index is 250. The van der Waals surface area contributed by atoms with Gasteiger partial charge in [-0.15, -0.1) is 0 Å². The van der Waals surface area contributed by atoms with E-state index in [0.717, 1.165) is 19.3 Å². The Labute approximate surface area is 119 Å².